The molecule has 1 amide bonds. The minimum atomic E-state index is -0.597. The molecule has 1 aliphatic rings. The normalized spacial score (nSPS) is 19.5. The molecule has 0 saturated carbocycles. The lowest BCUT2D eigenvalue weighted by molar-refractivity contribution is -0.158. The SMILES string of the molecule is CCN1CCOC(=O)C1CC(=O)Nc1ccccc1F. The van der Waals surface area contributed by atoms with Gasteiger partial charge in [-0.05, 0) is 18.7 Å². The fourth-order valence-corrected chi connectivity index (χ4v) is 2.19. The van der Waals surface area contributed by atoms with Gasteiger partial charge in [0, 0.05) is 6.54 Å². The molecule has 2 rings (SSSR count). The monoisotopic (exact) mass is 280 g/mol. The van der Waals surface area contributed by atoms with Crippen molar-refractivity contribution in [2.24, 2.45) is 0 Å². The van der Waals surface area contributed by atoms with Crippen molar-refractivity contribution in [2.75, 3.05) is 25.0 Å². The molecule has 1 aromatic rings. The smallest absolute Gasteiger partial charge is 0.323 e. The summed E-state index contributed by atoms with van der Waals surface area (Å²) in [5, 5.41) is 2.47. The minimum absolute atomic E-state index is 0.0407. The topological polar surface area (TPSA) is 58.6 Å². The van der Waals surface area contributed by atoms with E-state index in [1.165, 1.54) is 12.1 Å². The quantitative estimate of drug-likeness (QED) is 0.847. The maximum absolute atomic E-state index is 13.4. The van der Waals surface area contributed by atoms with Crippen LogP contribution in [0, 0.1) is 5.82 Å². The highest BCUT2D eigenvalue weighted by atomic mass is 19.1. The second kappa shape index (κ2) is 6.47. The van der Waals surface area contributed by atoms with Crippen LogP contribution in [0.15, 0.2) is 24.3 Å². The number of esters is 1. The Labute approximate surface area is 116 Å². The Morgan fingerprint density at radius 2 is 2.25 bits per heavy atom. The summed E-state index contributed by atoms with van der Waals surface area (Å²) < 4.78 is 18.4. The third kappa shape index (κ3) is 3.33. The Bertz CT molecular complexity index is 507. The number of amides is 1. The summed E-state index contributed by atoms with van der Waals surface area (Å²) in [4.78, 5) is 25.5. The van der Waals surface area contributed by atoms with E-state index in [4.69, 9.17) is 4.74 Å². The Morgan fingerprint density at radius 3 is 2.95 bits per heavy atom. The van der Waals surface area contributed by atoms with Crippen molar-refractivity contribution in [3.63, 3.8) is 0 Å². The average Bonchev–Trinajstić information content (AvgIpc) is 2.43. The molecule has 20 heavy (non-hydrogen) atoms. The number of carbonyl (C=O) groups excluding carboxylic acids is 2. The number of benzene rings is 1. The zero-order chi connectivity index (χ0) is 14.5. The molecule has 1 aromatic carbocycles. The molecule has 1 unspecified atom stereocenters. The van der Waals surface area contributed by atoms with Gasteiger partial charge in [-0.15, -0.1) is 0 Å². The summed E-state index contributed by atoms with van der Waals surface area (Å²) in [6.07, 6.45) is -0.0407. The minimum Gasteiger partial charge on any atom is -0.463 e. The number of hydrogen-bond donors (Lipinski definition) is 1. The molecule has 0 aromatic heterocycles. The van der Waals surface area contributed by atoms with Gasteiger partial charge in [0.2, 0.25) is 5.91 Å². The van der Waals surface area contributed by atoms with Crippen molar-refractivity contribution in [3.8, 4) is 0 Å². The summed E-state index contributed by atoms with van der Waals surface area (Å²) in [7, 11) is 0. The number of carbonyl (C=O) groups is 2. The van der Waals surface area contributed by atoms with Crippen molar-refractivity contribution < 1.29 is 18.7 Å². The maximum Gasteiger partial charge on any atom is 0.323 e. The molecular weight excluding hydrogens is 263 g/mol. The van der Waals surface area contributed by atoms with Gasteiger partial charge in [-0.1, -0.05) is 19.1 Å². The number of cyclic esters (lactones) is 1. The second-order valence-corrected chi connectivity index (χ2v) is 4.54. The highest BCUT2D eigenvalue weighted by Crippen LogP contribution is 2.16. The Balaban J connectivity index is 2.00. The number of halogens is 1. The zero-order valence-corrected chi connectivity index (χ0v) is 11.3. The van der Waals surface area contributed by atoms with Crippen LogP contribution >= 0.6 is 0 Å². The third-order valence-corrected chi connectivity index (χ3v) is 3.27. The van der Waals surface area contributed by atoms with E-state index in [-0.39, 0.29) is 12.1 Å². The van der Waals surface area contributed by atoms with Crippen LogP contribution in [0.4, 0.5) is 10.1 Å². The van der Waals surface area contributed by atoms with Gasteiger partial charge in [-0.2, -0.15) is 0 Å². The van der Waals surface area contributed by atoms with Gasteiger partial charge in [-0.25, -0.2) is 4.39 Å². The van der Waals surface area contributed by atoms with E-state index >= 15 is 0 Å². The van der Waals surface area contributed by atoms with E-state index in [1.54, 1.807) is 12.1 Å². The molecule has 1 atom stereocenters. The summed E-state index contributed by atoms with van der Waals surface area (Å²) in [5.41, 5.74) is 0.115. The number of morpholine rings is 1. The highest BCUT2D eigenvalue weighted by molar-refractivity contribution is 5.94. The van der Waals surface area contributed by atoms with Crippen LogP contribution in [0.2, 0.25) is 0 Å². The molecule has 1 fully saturated rings. The first kappa shape index (κ1) is 14.5. The van der Waals surface area contributed by atoms with E-state index in [2.05, 4.69) is 5.32 Å². The second-order valence-electron chi connectivity index (χ2n) is 4.54. The number of nitrogens with zero attached hydrogens (tertiary/aromatic N) is 1. The van der Waals surface area contributed by atoms with E-state index in [9.17, 15) is 14.0 Å². The van der Waals surface area contributed by atoms with Crippen LogP contribution in [-0.2, 0) is 14.3 Å². The van der Waals surface area contributed by atoms with Crippen molar-refractivity contribution in [2.45, 2.75) is 19.4 Å². The van der Waals surface area contributed by atoms with Crippen molar-refractivity contribution in [3.05, 3.63) is 30.1 Å². The molecule has 0 bridgehead atoms. The lowest BCUT2D eigenvalue weighted by Gasteiger charge is -2.32. The summed E-state index contributed by atoms with van der Waals surface area (Å²) in [6.45, 7) is 3.53. The predicted molar refractivity (Wildman–Crippen MR) is 71.6 cm³/mol. The maximum atomic E-state index is 13.4. The van der Waals surface area contributed by atoms with E-state index in [1.807, 2.05) is 11.8 Å². The average molecular weight is 280 g/mol. The van der Waals surface area contributed by atoms with Gasteiger partial charge in [0.15, 0.2) is 0 Å². The Kier molecular flexibility index (Phi) is 4.68. The number of hydrogen-bond acceptors (Lipinski definition) is 4. The van der Waals surface area contributed by atoms with Gasteiger partial charge in [0.05, 0.1) is 12.1 Å². The van der Waals surface area contributed by atoms with E-state index in [0.717, 1.165) is 0 Å². The van der Waals surface area contributed by atoms with E-state index in [0.29, 0.717) is 19.7 Å². The lowest BCUT2D eigenvalue weighted by Crippen LogP contribution is -2.50. The third-order valence-electron chi connectivity index (χ3n) is 3.27. The highest BCUT2D eigenvalue weighted by Gasteiger charge is 2.32. The summed E-state index contributed by atoms with van der Waals surface area (Å²) in [6, 6.07) is 5.32. The zero-order valence-electron chi connectivity index (χ0n) is 11.3. The molecule has 1 aliphatic heterocycles. The Hall–Kier alpha value is -1.95. The van der Waals surface area contributed by atoms with Crippen molar-refractivity contribution >= 4 is 17.6 Å². The van der Waals surface area contributed by atoms with Gasteiger partial charge >= 0.3 is 5.97 Å². The molecule has 108 valence electrons. The fraction of sp³-hybridized carbons (Fsp3) is 0.429. The summed E-state index contributed by atoms with van der Waals surface area (Å²) in [5.74, 6) is -1.31. The molecule has 0 spiro atoms. The molecule has 0 aliphatic carbocycles. The lowest BCUT2D eigenvalue weighted by atomic mass is 10.1. The number of likely N-dealkylation sites (N-methyl/N-ethyl adjacent to an activating group) is 1. The molecule has 1 saturated heterocycles. The molecular formula is C14H17FN2O3. The molecule has 6 heteroatoms. The largest absolute Gasteiger partial charge is 0.463 e. The molecule has 5 nitrogen and oxygen atoms in total. The first-order valence-electron chi connectivity index (χ1n) is 6.57. The first-order valence-corrected chi connectivity index (χ1v) is 6.57. The van der Waals surface area contributed by atoms with Crippen LogP contribution in [0.5, 0.6) is 0 Å². The van der Waals surface area contributed by atoms with Crippen LogP contribution in [0.25, 0.3) is 0 Å². The number of nitrogens with one attached hydrogen (secondary N) is 1. The van der Waals surface area contributed by atoms with Crippen LogP contribution in [0.1, 0.15) is 13.3 Å². The van der Waals surface area contributed by atoms with Crippen LogP contribution in [-0.4, -0.2) is 42.5 Å². The number of rotatable bonds is 4. The van der Waals surface area contributed by atoms with Gasteiger partial charge in [0.1, 0.15) is 18.5 Å². The number of ether oxygens (including phenoxy) is 1. The van der Waals surface area contributed by atoms with E-state index < -0.39 is 23.7 Å². The first-order chi connectivity index (χ1) is 9.61. The van der Waals surface area contributed by atoms with Gasteiger partial charge in [0.25, 0.3) is 0 Å². The fourth-order valence-electron chi connectivity index (χ4n) is 2.19. The number of anilines is 1. The van der Waals surface area contributed by atoms with Crippen molar-refractivity contribution in [1.29, 1.82) is 0 Å². The van der Waals surface area contributed by atoms with Crippen LogP contribution in [0.3, 0.4) is 0 Å². The van der Waals surface area contributed by atoms with Gasteiger partial charge < -0.3 is 10.1 Å². The predicted octanol–water partition coefficient (Wildman–Crippen LogP) is 1.40. The molecule has 0 radical (unpaired) electrons. The number of para-hydroxylation sites is 1. The molecule has 1 N–H and O–H groups in total. The van der Waals surface area contributed by atoms with Crippen molar-refractivity contribution in [1.82, 2.24) is 4.90 Å². The van der Waals surface area contributed by atoms with Crippen LogP contribution < -0.4 is 5.32 Å². The molecule has 1 heterocycles. The Morgan fingerprint density at radius 1 is 1.50 bits per heavy atom. The van der Waals surface area contributed by atoms with Gasteiger partial charge in [-0.3, -0.25) is 14.5 Å². The standard InChI is InChI=1S/C14H17FN2O3/c1-2-17-7-8-20-14(19)12(17)9-13(18)16-11-6-4-3-5-10(11)15/h3-6,12H,2,7-9H2,1H3,(H,16,18). The summed E-state index contributed by atoms with van der Waals surface area (Å²) >= 11 is 0.